The maximum absolute atomic E-state index is 12.5. The van der Waals surface area contributed by atoms with Crippen molar-refractivity contribution >= 4 is 12.6 Å². The first kappa shape index (κ1) is 11.7. The van der Waals surface area contributed by atoms with E-state index in [1.54, 1.807) is 6.07 Å². The maximum Gasteiger partial charge on any atom is 0.420 e. The number of thiol groups is 1. The van der Waals surface area contributed by atoms with Crippen LogP contribution in [0.15, 0.2) is 17.0 Å². The SMILES string of the molecule is COc1c(C#N)cc(S)cc1C(F)(F)F. The molecule has 0 unspecified atom stereocenters. The normalized spacial score (nSPS) is 10.9. The van der Waals surface area contributed by atoms with E-state index >= 15 is 0 Å². The lowest BCUT2D eigenvalue weighted by Crippen LogP contribution is -2.08. The van der Waals surface area contributed by atoms with Crippen molar-refractivity contribution in [3.05, 3.63) is 23.3 Å². The third-order valence-corrected chi connectivity index (χ3v) is 1.96. The lowest BCUT2D eigenvalue weighted by atomic mass is 10.1. The monoisotopic (exact) mass is 233 g/mol. The first-order valence-corrected chi connectivity index (χ1v) is 4.23. The lowest BCUT2D eigenvalue weighted by Gasteiger charge is -2.13. The molecule has 0 aliphatic rings. The molecular formula is C9H6F3NOS. The van der Waals surface area contributed by atoms with Crippen LogP contribution in [0.4, 0.5) is 13.2 Å². The third-order valence-electron chi connectivity index (χ3n) is 1.70. The predicted molar refractivity (Wildman–Crippen MR) is 50.0 cm³/mol. The second-order valence-corrected chi connectivity index (χ2v) is 3.20. The zero-order valence-corrected chi connectivity index (χ0v) is 8.49. The van der Waals surface area contributed by atoms with E-state index in [4.69, 9.17) is 5.26 Å². The molecule has 0 aliphatic heterocycles. The zero-order chi connectivity index (χ0) is 11.6. The van der Waals surface area contributed by atoms with Crippen LogP contribution < -0.4 is 4.74 Å². The van der Waals surface area contributed by atoms with Crippen LogP contribution in [-0.2, 0) is 6.18 Å². The summed E-state index contributed by atoms with van der Waals surface area (Å²) in [4.78, 5) is 0.0691. The summed E-state index contributed by atoms with van der Waals surface area (Å²) in [6, 6.07) is 3.67. The molecule has 15 heavy (non-hydrogen) atoms. The second-order valence-electron chi connectivity index (χ2n) is 2.68. The first-order chi connectivity index (χ1) is 6.90. The number of rotatable bonds is 1. The summed E-state index contributed by atoms with van der Waals surface area (Å²) < 4.78 is 42.1. The summed E-state index contributed by atoms with van der Waals surface area (Å²) in [7, 11) is 1.09. The van der Waals surface area contributed by atoms with Gasteiger partial charge in [-0.1, -0.05) is 0 Å². The van der Waals surface area contributed by atoms with Crippen molar-refractivity contribution in [3.8, 4) is 11.8 Å². The minimum Gasteiger partial charge on any atom is -0.495 e. The molecular weight excluding hydrogens is 227 g/mol. The number of methoxy groups -OCH3 is 1. The summed E-state index contributed by atoms with van der Waals surface area (Å²) in [5.41, 5.74) is -1.17. The van der Waals surface area contributed by atoms with Crippen molar-refractivity contribution in [3.63, 3.8) is 0 Å². The Balaban J connectivity index is 3.51. The predicted octanol–water partition coefficient (Wildman–Crippen LogP) is 2.87. The van der Waals surface area contributed by atoms with Gasteiger partial charge in [-0.05, 0) is 12.1 Å². The molecule has 0 saturated heterocycles. The van der Waals surface area contributed by atoms with Crippen LogP contribution in [0.2, 0.25) is 0 Å². The molecule has 0 heterocycles. The van der Waals surface area contributed by atoms with Gasteiger partial charge >= 0.3 is 6.18 Å². The van der Waals surface area contributed by atoms with Gasteiger partial charge in [0.2, 0.25) is 0 Å². The minimum atomic E-state index is -4.56. The van der Waals surface area contributed by atoms with Gasteiger partial charge in [0.25, 0.3) is 0 Å². The molecule has 0 atom stereocenters. The number of hydrogen-bond donors (Lipinski definition) is 1. The fourth-order valence-electron chi connectivity index (χ4n) is 1.13. The minimum absolute atomic E-state index is 0.0691. The van der Waals surface area contributed by atoms with E-state index in [1.165, 1.54) is 6.07 Å². The van der Waals surface area contributed by atoms with E-state index in [2.05, 4.69) is 17.4 Å². The molecule has 0 fully saturated rings. The van der Waals surface area contributed by atoms with Gasteiger partial charge in [-0.3, -0.25) is 0 Å². The molecule has 1 aromatic carbocycles. The molecule has 0 aromatic heterocycles. The molecule has 2 nitrogen and oxygen atoms in total. The van der Waals surface area contributed by atoms with Gasteiger partial charge in [-0.2, -0.15) is 18.4 Å². The highest BCUT2D eigenvalue weighted by molar-refractivity contribution is 7.80. The van der Waals surface area contributed by atoms with E-state index in [1.807, 2.05) is 0 Å². The number of nitriles is 1. The molecule has 6 heteroatoms. The molecule has 80 valence electrons. The molecule has 1 aromatic rings. The summed E-state index contributed by atoms with van der Waals surface area (Å²) in [5.74, 6) is -0.470. The molecule has 0 bridgehead atoms. The zero-order valence-electron chi connectivity index (χ0n) is 7.59. The quantitative estimate of drug-likeness (QED) is 0.756. The Morgan fingerprint density at radius 3 is 2.40 bits per heavy atom. The van der Waals surface area contributed by atoms with Crippen LogP contribution in [0.5, 0.6) is 5.75 Å². The number of benzene rings is 1. The fraction of sp³-hybridized carbons (Fsp3) is 0.222. The Hall–Kier alpha value is -1.35. The molecule has 1 rings (SSSR count). The molecule has 0 saturated carbocycles. The van der Waals surface area contributed by atoms with Crippen molar-refractivity contribution in [1.82, 2.24) is 0 Å². The van der Waals surface area contributed by atoms with Gasteiger partial charge < -0.3 is 4.74 Å². The van der Waals surface area contributed by atoms with Gasteiger partial charge in [0.15, 0.2) is 0 Å². The number of ether oxygens (including phenoxy) is 1. The van der Waals surface area contributed by atoms with Crippen molar-refractivity contribution < 1.29 is 17.9 Å². The van der Waals surface area contributed by atoms with Gasteiger partial charge in [0.05, 0.1) is 18.2 Å². The van der Waals surface area contributed by atoms with Gasteiger partial charge in [-0.15, -0.1) is 12.6 Å². The standard InChI is InChI=1S/C9H6F3NOS/c1-14-8-5(4-13)2-6(15)3-7(8)9(10,11)12/h2-3,15H,1H3. The maximum atomic E-state index is 12.5. The summed E-state index contributed by atoms with van der Waals surface area (Å²) in [6.45, 7) is 0. The lowest BCUT2D eigenvalue weighted by molar-refractivity contribution is -0.138. The molecule has 0 aliphatic carbocycles. The molecule has 0 amide bonds. The van der Waals surface area contributed by atoms with E-state index in [-0.39, 0.29) is 10.5 Å². The topological polar surface area (TPSA) is 33.0 Å². The van der Waals surface area contributed by atoms with Crippen molar-refractivity contribution in [1.29, 1.82) is 5.26 Å². The van der Waals surface area contributed by atoms with Crippen LogP contribution in [0.25, 0.3) is 0 Å². The summed E-state index contributed by atoms with van der Waals surface area (Å²) in [6.07, 6.45) is -4.56. The van der Waals surface area contributed by atoms with E-state index < -0.39 is 17.5 Å². The van der Waals surface area contributed by atoms with Crippen LogP contribution in [0, 0.1) is 11.3 Å². The van der Waals surface area contributed by atoms with Crippen LogP contribution >= 0.6 is 12.6 Å². The van der Waals surface area contributed by atoms with Crippen LogP contribution in [0.3, 0.4) is 0 Å². The third kappa shape index (κ3) is 2.36. The van der Waals surface area contributed by atoms with E-state index in [0.29, 0.717) is 0 Å². The van der Waals surface area contributed by atoms with Crippen molar-refractivity contribution in [2.75, 3.05) is 7.11 Å². The molecule has 0 radical (unpaired) electrons. The average molecular weight is 233 g/mol. The molecule has 0 spiro atoms. The first-order valence-electron chi connectivity index (χ1n) is 3.78. The van der Waals surface area contributed by atoms with Crippen molar-refractivity contribution in [2.24, 2.45) is 0 Å². The Morgan fingerprint density at radius 2 is 2.00 bits per heavy atom. The highest BCUT2D eigenvalue weighted by atomic mass is 32.1. The second kappa shape index (κ2) is 4.03. The summed E-state index contributed by atoms with van der Waals surface area (Å²) >= 11 is 3.79. The highest BCUT2D eigenvalue weighted by Crippen LogP contribution is 2.39. The largest absolute Gasteiger partial charge is 0.495 e. The Labute approximate surface area is 89.7 Å². The summed E-state index contributed by atoms with van der Waals surface area (Å²) in [5, 5.41) is 8.63. The fourth-order valence-corrected chi connectivity index (χ4v) is 1.39. The Kier molecular flexibility index (Phi) is 3.15. The molecule has 0 N–H and O–H groups in total. The van der Waals surface area contributed by atoms with Gasteiger partial charge in [0.1, 0.15) is 11.8 Å². The number of alkyl halides is 3. The highest BCUT2D eigenvalue weighted by Gasteiger charge is 2.35. The van der Waals surface area contributed by atoms with Crippen LogP contribution in [0.1, 0.15) is 11.1 Å². The number of hydrogen-bond acceptors (Lipinski definition) is 3. The van der Waals surface area contributed by atoms with Gasteiger partial charge in [-0.25, -0.2) is 0 Å². The Bertz CT molecular complexity index is 423. The van der Waals surface area contributed by atoms with Crippen LogP contribution in [-0.4, -0.2) is 7.11 Å². The smallest absolute Gasteiger partial charge is 0.420 e. The average Bonchev–Trinajstić information content (AvgIpc) is 2.15. The van der Waals surface area contributed by atoms with Crippen molar-refractivity contribution in [2.45, 2.75) is 11.1 Å². The van der Waals surface area contributed by atoms with Gasteiger partial charge in [0, 0.05) is 4.90 Å². The number of halogens is 3. The van der Waals surface area contributed by atoms with E-state index in [0.717, 1.165) is 13.2 Å². The Morgan fingerprint density at radius 1 is 1.40 bits per heavy atom. The van der Waals surface area contributed by atoms with E-state index in [9.17, 15) is 13.2 Å². The number of nitrogens with zero attached hydrogens (tertiary/aromatic N) is 1.